The Morgan fingerprint density at radius 2 is 2.19 bits per heavy atom. The summed E-state index contributed by atoms with van der Waals surface area (Å²) in [6.07, 6.45) is 0. The molecule has 1 aromatic carbocycles. The van der Waals surface area contributed by atoms with Gasteiger partial charge >= 0.3 is 0 Å². The molecular weight excluding hydrogens is 374 g/mol. The first-order valence-electron chi connectivity index (χ1n) is 7.84. The van der Waals surface area contributed by atoms with Crippen LogP contribution in [0, 0.1) is 0 Å². The van der Waals surface area contributed by atoms with Gasteiger partial charge < -0.3 is 14.8 Å². The third kappa shape index (κ3) is 3.27. The Bertz CT molecular complexity index is 1040. The van der Waals surface area contributed by atoms with Gasteiger partial charge in [0.15, 0.2) is 16.7 Å². The molecule has 0 spiro atoms. The summed E-state index contributed by atoms with van der Waals surface area (Å²) in [4.78, 5) is 28.8. The maximum absolute atomic E-state index is 12.3. The number of amides is 1. The molecule has 0 fully saturated rings. The molecule has 3 aromatic rings. The van der Waals surface area contributed by atoms with E-state index >= 15 is 0 Å². The Morgan fingerprint density at radius 3 is 3.08 bits per heavy atom. The Morgan fingerprint density at radius 1 is 1.35 bits per heavy atom. The van der Waals surface area contributed by atoms with Crippen LogP contribution in [0.5, 0.6) is 11.5 Å². The fourth-order valence-electron chi connectivity index (χ4n) is 2.53. The molecule has 1 amide bonds. The molecule has 0 saturated carbocycles. The highest BCUT2D eigenvalue weighted by molar-refractivity contribution is 7.99. The van der Waals surface area contributed by atoms with E-state index in [1.807, 2.05) is 29.6 Å². The standard InChI is InChI=1S/C17H15N3O4S2/c1-20-16(22)15-11(4-5-25-15)19-17(20)26-8-14(21)18-7-10-2-3-12-13(6-10)24-9-23-12/h2-6H,7-9H2,1H3,(H,18,21). The number of thioether (sulfide) groups is 1. The van der Waals surface area contributed by atoms with Gasteiger partial charge in [-0.25, -0.2) is 4.98 Å². The lowest BCUT2D eigenvalue weighted by Crippen LogP contribution is -2.25. The Hall–Kier alpha value is -2.52. The van der Waals surface area contributed by atoms with Crippen LogP contribution in [0.2, 0.25) is 0 Å². The van der Waals surface area contributed by atoms with E-state index in [0.29, 0.717) is 33.4 Å². The number of aromatic nitrogens is 2. The lowest BCUT2D eigenvalue weighted by atomic mass is 10.2. The van der Waals surface area contributed by atoms with E-state index < -0.39 is 0 Å². The SMILES string of the molecule is Cn1c(SCC(=O)NCc2ccc3c(c2)OCO3)nc2ccsc2c1=O. The summed E-state index contributed by atoms with van der Waals surface area (Å²) < 4.78 is 12.7. The first kappa shape index (κ1) is 16.9. The molecule has 2 aromatic heterocycles. The molecule has 0 unspecified atom stereocenters. The molecule has 0 saturated heterocycles. The second-order valence-corrected chi connectivity index (χ2v) is 7.51. The van der Waals surface area contributed by atoms with Crippen molar-refractivity contribution in [1.82, 2.24) is 14.9 Å². The van der Waals surface area contributed by atoms with E-state index in [1.54, 1.807) is 7.05 Å². The molecule has 4 rings (SSSR count). The molecule has 1 aliphatic rings. The van der Waals surface area contributed by atoms with Crippen molar-refractivity contribution in [2.75, 3.05) is 12.5 Å². The Labute approximate surface area is 157 Å². The van der Waals surface area contributed by atoms with E-state index in [4.69, 9.17) is 9.47 Å². The van der Waals surface area contributed by atoms with Crippen molar-refractivity contribution in [3.05, 3.63) is 45.6 Å². The van der Waals surface area contributed by atoms with Gasteiger partial charge in [-0.3, -0.25) is 14.2 Å². The average molecular weight is 389 g/mol. The summed E-state index contributed by atoms with van der Waals surface area (Å²) in [6.45, 7) is 0.619. The van der Waals surface area contributed by atoms with E-state index in [-0.39, 0.29) is 24.0 Å². The van der Waals surface area contributed by atoms with Gasteiger partial charge in [-0.2, -0.15) is 0 Å². The predicted octanol–water partition coefficient (Wildman–Crippen LogP) is 2.13. The maximum Gasteiger partial charge on any atom is 0.271 e. The molecule has 1 N–H and O–H groups in total. The minimum atomic E-state index is -0.132. The van der Waals surface area contributed by atoms with Crippen molar-refractivity contribution >= 4 is 39.2 Å². The van der Waals surface area contributed by atoms with E-state index in [2.05, 4.69) is 10.3 Å². The quantitative estimate of drug-likeness (QED) is 0.532. The largest absolute Gasteiger partial charge is 0.454 e. The zero-order valence-electron chi connectivity index (χ0n) is 13.9. The number of carbonyl (C=O) groups excluding carboxylic acids is 1. The highest BCUT2D eigenvalue weighted by Gasteiger charge is 2.14. The van der Waals surface area contributed by atoms with Gasteiger partial charge in [0.2, 0.25) is 12.7 Å². The highest BCUT2D eigenvalue weighted by Crippen LogP contribution is 2.32. The molecule has 7 nitrogen and oxygen atoms in total. The van der Waals surface area contributed by atoms with Gasteiger partial charge in [-0.05, 0) is 29.1 Å². The fourth-order valence-corrected chi connectivity index (χ4v) is 4.14. The van der Waals surface area contributed by atoms with Gasteiger partial charge in [0.05, 0.1) is 11.3 Å². The van der Waals surface area contributed by atoms with Gasteiger partial charge in [-0.1, -0.05) is 17.8 Å². The van der Waals surface area contributed by atoms with E-state index in [1.165, 1.54) is 27.7 Å². The van der Waals surface area contributed by atoms with Crippen LogP contribution in [0.25, 0.3) is 10.2 Å². The molecular formula is C17H15N3O4S2. The van der Waals surface area contributed by atoms with Gasteiger partial charge in [0.25, 0.3) is 5.56 Å². The first-order chi connectivity index (χ1) is 12.6. The number of hydrogen-bond acceptors (Lipinski definition) is 7. The number of ether oxygens (including phenoxy) is 2. The average Bonchev–Trinajstić information content (AvgIpc) is 3.30. The minimum Gasteiger partial charge on any atom is -0.454 e. The number of carbonyl (C=O) groups is 1. The van der Waals surface area contributed by atoms with Crippen LogP contribution in [0.4, 0.5) is 0 Å². The molecule has 26 heavy (non-hydrogen) atoms. The number of fused-ring (bicyclic) bond motifs is 2. The molecule has 0 bridgehead atoms. The molecule has 0 radical (unpaired) electrons. The molecule has 3 heterocycles. The Kier molecular flexibility index (Phi) is 4.56. The molecule has 1 aliphatic heterocycles. The fraction of sp³-hybridized carbons (Fsp3) is 0.235. The summed E-state index contributed by atoms with van der Waals surface area (Å²) in [5.74, 6) is 1.45. The van der Waals surface area contributed by atoms with Gasteiger partial charge in [-0.15, -0.1) is 11.3 Å². The number of benzene rings is 1. The summed E-state index contributed by atoms with van der Waals surface area (Å²) in [6, 6.07) is 7.38. The number of thiophene rings is 1. The van der Waals surface area contributed by atoms with Crippen molar-refractivity contribution < 1.29 is 14.3 Å². The van der Waals surface area contributed by atoms with E-state index in [0.717, 1.165) is 5.56 Å². The van der Waals surface area contributed by atoms with E-state index in [9.17, 15) is 9.59 Å². The van der Waals surface area contributed by atoms with Crippen LogP contribution in [0.15, 0.2) is 39.6 Å². The third-order valence-corrected chi connectivity index (χ3v) is 5.83. The summed E-state index contributed by atoms with van der Waals surface area (Å²) in [5.41, 5.74) is 1.51. The van der Waals surface area contributed by atoms with Crippen molar-refractivity contribution in [1.29, 1.82) is 0 Å². The summed E-state index contributed by atoms with van der Waals surface area (Å²) >= 11 is 2.61. The lowest BCUT2D eigenvalue weighted by molar-refractivity contribution is -0.118. The van der Waals surface area contributed by atoms with Crippen LogP contribution < -0.4 is 20.3 Å². The smallest absolute Gasteiger partial charge is 0.271 e. The number of nitrogens with one attached hydrogen (secondary N) is 1. The summed E-state index contributed by atoms with van der Waals surface area (Å²) in [5, 5.41) is 5.22. The normalized spacial score (nSPS) is 12.5. The number of rotatable bonds is 5. The summed E-state index contributed by atoms with van der Waals surface area (Å²) in [7, 11) is 1.67. The zero-order valence-corrected chi connectivity index (χ0v) is 15.5. The number of nitrogens with zero attached hydrogens (tertiary/aromatic N) is 2. The molecule has 134 valence electrons. The monoisotopic (exact) mass is 389 g/mol. The molecule has 9 heteroatoms. The topological polar surface area (TPSA) is 82.5 Å². The predicted molar refractivity (Wildman–Crippen MR) is 100.0 cm³/mol. The number of hydrogen-bond donors (Lipinski definition) is 1. The second kappa shape index (κ2) is 7.00. The zero-order chi connectivity index (χ0) is 18.1. The first-order valence-corrected chi connectivity index (χ1v) is 9.70. The molecule has 0 aliphatic carbocycles. The lowest BCUT2D eigenvalue weighted by Gasteiger charge is -2.08. The molecule has 0 atom stereocenters. The van der Waals surface area contributed by atoms with Gasteiger partial charge in [0.1, 0.15) is 4.70 Å². The minimum absolute atomic E-state index is 0.0896. The maximum atomic E-state index is 12.3. The Balaban J connectivity index is 1.37. The van der Waals surface area contributed by atoms with Crippen LogP contribution in [0.1, 0.15) is 5.56 Å². The van der Waals surface area contributed by atoms with Gasteiger partial charge in [0, 0.05) is 13.6 Å². The highest BCUT2D eigenvalue weighted by atomic mass is 32.2. The van der Waals surface area contributed by atoms with Crippen LogP contribution in [-0.4, -0.2) is 28.0 Å². The van der Waals surface area contributed by atoms with Crippen molar-refractivity contribution in [3.8, 4) is 11.5 Å². The second-order valence-electron chi connectivity index (χ2n) is 5.65. The third-order valence-electron chi connectivity index (χ3n) is 3.91. The van der Waals surface area contributed by atoms with Crippen molar-refractivity contribution in [2.45, 2.75) is 11.7 Å². The van der Waals surface area contributed by atoms with Crippen molar-refractivity contribution in [3.63, 3.8) is 0 Å². The van der Waals surface area contributed by atoms with Crippen LogP contribution >= 0.6 is 23.1 Å². The van der Waals surface area contributed by atoms with Crippen LogP contribution in [-0.2, 0) is 18.4 Å². The van der Waals surface area contributed by atoms with Crippen LogP contribution in [0.3, 0.4) is 0 Å². The van der Waals surface area contributed by atoms with Crippen molar-refractivity contribution in [2.24, 2.45) is 7.05 Å².